The lowest BCUT2D eigenvalue weighted by Crippen LogP contribution is -1.85. The highest BCUT2D eigenvalue weighted by molar-refractivity contribution is 9.10. The van der Waals surface area contributed by atoms with Crippen LogP contribution in [0.25, 0.3) is 0 Å². The molecule has 1 aromatic carbocycles. The molecule has 0 saturated heterocycles. The van der Waals surface area contributed by atoms with E-state index in [0.717, 1.165) is 4.47 Å². The third-order valence-electron chi connectivity index (χ3n) is 1.04. The number of nitrogens with two attached hydrogens (primary N) is 1. The largest absolute Gasteiger partial charge is 0.397 e. The number of rotatable bonds is 0. The van der Waals surface area contributed by atoms with Crippen molar-refractivity contribution in [1.82, 2.24) is 0 Å². The Morgan fingerprint density at radius 2 is 1.80 bits per heavy atom. The Hall–Kier alpha value is 0.0800. The van der Waals surface area contributed by atoms with Gasteiger partial charge in [0.25, 0.3) is 0 Å². The Morgan fingerprint density at radius 3 is 2.30 bits per heavy atom. The molecule has 4 heteroatoms. The number of benzene rings is 1. The van der Waals surface area contributed by atoms with E-state index in [4.69, 9.17) is 28.9 Å². The lowest BCUT2D eigenvalue weighted by atomic mass is 10.3. The Labute approximate surface area is 77.2 Å². The number of anilines is 1. The highest BCUT2D eigenvalue weighted by atomic mass is 79.9. The lowest BCUT2D eigenvalue weighted by molar-refractivity contribution is 1.63. The molecule has 0 spiro atoms. The third-order valence-corrected chi connectivity index (χ3v) is 2.56. The summed E-state index contributed by atoms with van der Waals surface area (Å²) in [5, 5.41) is 1.05. The molecule has 1 nitrogen and oxygen atoms in total. The second-order valence-electron chi connectivity index (χ2n) is 1.79. The van der Waals surface area contributed by atoms with Crippen LogP contribution < -0.4 is 5.73 Å². The molecule has 0 amide bonds. The molecule has 0 fully saturated rings. The molecule has 0 aromatic heterocycles. The van der Waals surface area contributed by atoms with Gasteiger partial charge in [0.05, 0.1) is 15.7 Å². The van der Waals surface area contributed by atoms with Gasteiger partial charge >= 0.3 is 0 Å². The molecule has 0 unspecified atom stereocenters. The Kier molecular flexibility index (Phi) is 2.45. The molecule has 0 bridgehead atoms. The Morgan fingerprint density at radius 1 is 1.20 bits per heavy atom. The van der Waals surface area contributed by atoms with Crippen LogP contribution in [0.15, 0.2) is 16.6 Å². The molecule has 54 valence electrons. The Balaban J connectivity index is 3.28. The quantitative estimate of drug-likeness (QED) is 0.547. The molecule has 0 saturated carbocycles. The smallest absolute Gasteiger partial charge is 0.0651 e. The van der Waals surface area contributed by atoms with Crippen molar-refractivity contribution < 1.29 is 0 Å². The van der Waals surface area contributed by atoms with Crippen molar-refractivity contribution in [1.29, 1.82) is 0 Å². The van der Waals surface area contributed by atoms with Gasteiger partial charge in [-0.3, -0.25) is 0 Å². The van der Waals surface area contributed by atoms with Crippen LogP contribution in [0, 0.1) is 0 Å². The van der Waals surface area contributed by atoms with Gasteiger partial charge in [0.2, 0.25) is 0 Å². The maximum absolute atomic E-state index is 5.70. The topological polar surface area (TPSA) is 26.0 Å². The zero-order valence-electron chi connectivity index (χ0n) is 4.87. The van der Waals surface area contributed by atoms with Crippen molar-refractivity contribution in [3.8, 4) is 0 Å². The second kappa shape index (κ2) is 2.99. The molecule has 0 aliphatic rings. The molecule has 0 aliphatic heterocycles. The van der Waals surface area contributed by atoms with Crippen molar-refractivity contribution in [3.05, 3.63) is 26.7 Å². The molecule has 0 radical (unpaired) electrons. The SMILES string of the molecule is Nc1cc(Br)c(Cl)cc1Cl. The number of hydrogen-bond donors (Lipinski definition) is 1. The first kappa shape index (κ1) is 8.18. The van der Waals surface area contributed by atoms with Gasteiger partial charge in [0.15, 0.2) is 0 Å². The van der Waals surface area contributed by atoms with Crippen LogP contribution in [0.3, 0.4) is 0 Å². The van der Waals surface area contributed by atoms with Crippen LogP contribution in [-0.4, -0.2) is 0 Å². The third kappa shape index (κ3) is 1.57. The second-order valence-corrected chi connectivity index (χ2v) is 3.46. The summed E-state index contributed by atoms with van der Waals surface area (Å²) in [5.41, 5.74) is 5.99. The molecular weight excluding hydrogens is 237 g/mol. The number of nitrogen functional groups attached to an aromatic ring is 1. The molecule has 1 aromatic rings. The van der Waals surface area contributed by atoms with Crippen LogP contribution in [0.5, 0.6) is 0 Å². The average Bonchev–Trinajstić information content (AvgIpc) is 1.84. The van der Waals surface area contributed by atoms with E-state index in [-0.39, 0.29) is 0 Å². The summed E-state index contributed by atoms with van der Waals surface area (Å²) in [5.74, 6) is 0. The molecule has 10 heavy (non-hydrogen) atoms. The van der Waals surface area contributed by atoms with Crippen LogP contribution in [0.1, 0.15) is 0 Å². The minimum Gasteiger partial charge on any atom is -0.397 e. The average molecular weight is 241 g/mol. The van der Waals surface area contributed by atoms with E-state index in [9.17, 15) is 0 Å². The fraction of sp³-hybridized carbons (Fsp3) is 0. The summed E-state index contributed by atoms with van der Waals surface area (Å²) < 4.78 is 0.760. The van der Waals surface area contributed by atoms with E-state index in [1.807, 2.05) is 0 Å². The monoisotopic (exact) mass is 239 g/mol. The summed E-state index contributed by atoms with van der Waals surface area (Å²) in [6, 6.07) is 3.27. The first-order valence-corrected chi connectivity index (χ1v) is 4.06. The van der Waals surface area contributed by atoms with Gasteiger partial charge in [0.1, 0.15) is 0 Å². The predicted molar refractivity (Wildman–Crippen MR) is 48.6 cm³/mol. The van der Waals surface area contributed by atoms with Gasteiger partial charge in [-0.15, -0.1) is 0 Å². The van der Waals surface area contributed by atoms with Crippen molar-refractivity contribution in [2.75, 3.05) is 5.73 Å². The lowest BCUT2D eigenvalue weighted by Gasteiger charge is -1.99. The fourth-order valence-electron chi connectivity index (χ4n) is 0.538. The minimum atomic E-state index is 0.480. The van der Waals surface area contributed by atoms with E-state index in [1.165, 1.54) is 0 Å². The summed E-state index contributed by atoms with van der Waals surface area (Å²) in [7, 11) is 0. The van der Waals surface area contributed by atoms with Crippen molar-refractivity contribution in [3.63, 3.8) is 0 Å². The number of hydrogen-bond acceptors (Lipinski definition) is 1. The predicted octanol–water partition coefficient (Wildman–Crippen LogP) is 3.34. The van der Waals surface area contributed by atoms with E-state index in [2.05, 4.69) is 15.9 Å². The maximum atomic E-state index is 5.70. The first-order chi connectivity index (χ1) is 4.61. The highest BCUT2D eigenvalue weighted by Gasteiger charge is 2.00. The fourth-order valence-corrected chi connectivity index (χ4v) is 1.28. The van der Waals surface area contributed by atoms with Gasteiger partial charge in [-0.25, -0.2) is 0 Å². The minimum absolute atomic E-state index is 0.480. The molecular formula is C6H4BrCl2N. The van der Waals surface area contributed by atoms with Crippen LogP contribution >= 0.6 is 39.1 Å². The highest BCUT2D eigenvalue weighted by Crippen LogP contribution is 2.30. The zero-order valence-corrected chi connectivity index (χ0v) is 7.96. The van der Waals surface area contributed by atoms with E-state index in [0.29, 0.717) is 15.7 Å². The number of halogens is 3. The Bertz CT molecular complexity index is 212. The van der Waals surface area contributed by atoms with Gasteiger partial charge < -0.3 is 5.73 Å². The van der Waals surface area contributed by atoms with Crippen LogP contribution in [0.2, 0.25) is 10.0 Å². The normalized spacial score (nSPS) is 9.90. The van der Waals surface area contributed by atoms with Gasteiger partial charge in [0, 0.05) is 4.47 Å². The summed E-state index contributed by atoms with van der Waals surface area (Å²) in [4.78, 5) is 0. The van der Waals surface area contributed by atoms with E-state index >= 15 is 0 Å². The summed E-state index contributed by atoms with van der Waals surface area (Å²) >= 11 is 14.6. The molecule has 1 rings (SSSR count). The molecule has 0 heterocycles. The molecule has 0 atom stereocenters. The van der Waals surface area contributed by atoms with E-state index in [1.54, 1.807) is 12.1 Å². The van der Waals surface area contributed by atoms with Gasteiger partial charge in [-0.1, -0.05) is 23.2 Å². The van der Waals surface area contributed by atoms with Crippen molar-refractivity contribution >= 4 is 44.8 Å². The van der Waals surface area contributed by atoms with Gasteiger partial charge in [-0.05, 0) is 28.1 Å². The van der Waals surface area contributed by atoms with Crippen molar-refractivity contribution in [2.45, 2.75) is 0 Å². The summed E-state index contributed by atoms with van der Waals surface area (Å²) in [6.07, 6.45) is 0. The van der Waals surface area contributed by atoms with Crippen molar-refractivity contribution in [2.24, 2.45) is 0 Å². The first-order valence-electron chi connectivity index (χ1n) is 2.51. The molecule has 2 N–H and O–H groups in total. The maximum Gasteiger partial charge on any atom is 0.0651 e. The molecule has 0 aliphatic carbocycles. The van der Waals surface area contributed by atoms with Crippen LogP contribution in [-0.2, 0) is 0 Å². The van der Waals surface area contributed by atoms with Crippen LogP contribution in [0.4, 0.5) is 5.69 Å². The summed E-state index contributed by atoms with van der Waals surface area (Å²) in [6.45, 7) is 0. The van der Waals surface area contributed by atoms with Gasteiger partial charge in [-0.2, -0.15) is 0 Å². The standard InChI is InChI=1S/C6H4BrCl2N/c7-3-1-6(10)5(9)2-4(3)8/h1-2H,10H2. The zero-order chi connectivity index (χ0) is 7.72. The van der Waals surface area contributed by atoms with E-state index < -0.39 is 0 Å².